The number of anilines is 1. The van der Waals surface area contributed by atoms with Gasteiger partial charge in [-0.3, -0.25) is 24.7 Å². The van der Waals surface area contributed by atoms with Gasteiger partial charge in [-0.2, -0.15) is 0 Å². The molecule has 0 radical (unpaired) electrons. The third-order valence-corrected chi connectivity index (χ3v) is 7.63. The number of nitrogens with zero attached hydrogens (tertiary/aromatic N) is 5. The number of Topliss-reactive ketones (excluding diaryl/α,β-unsaturated/α-hetero) is 1. The van der Waals surface area contributed by atoms with Crippen LogP contribution in [-0.4, -0.2) is 52.8 Å². The van der Waals surface area contributed by atoms with E-state index in [-0.39, 0.29) is 11.8 Å². The Morgan fingerprint density at radius 2 is 2.03 bits per heavy atom. The first kappa shape index (κ1) is 26.5. The number of fused-ring (bicyclic) bond motifs is 1. The Morgan fingerprint density at radius 1 is 1.21 bits per heavy atom. The number of nitrogens with one attached hydrogen (secondary N) is 1. The van der Waals surface area contributed by atoms with Gasteiger partial charge in [0.2, 0.25) is 0 Å². The minimum atomic E-state index is 0.0690. The van der Waals surface area contributed by atoms with Crippen LogP contribution in [0.1, 0.15) is 38.3 Å². The molecular weight excluding hydrogens is 484 g/mol. The molecule has 2 aromatic carbocycles. The van der Waals surface area contributed by atoms with Crippen molar-refractivity contribution in [2.75, 3.05) is 25.0 Å². The summed E-state index contributed by atoms with van der Waals surface area (Å²) >= 11 is 0. The second kappa shape index (κ2) is 11.7. The van der Waals surface area contributed by atoms with E-state index in [1.165, 1.54) is 5.39 Å². The van der Waals surface area contributed by atoms with Crippen LogP contribution in [0.4, 0.5) is 17.1 Å². The van der Waals surface area contributed by atoms with Gasteiger partial charge in [0.15, 0.2) is 0 Å². The number of piperidine rings is 1. The molecule has 1 aliphatic heterocycles. The van der Waals surface area contributed by atoms with Gasteiger partial charge in [-0.15, -0.1) is 0 Å². The first-order valence-corrected chi connectivity index (χ1v) is 13.5. The maximum Gasteiger partial charge on any atom is 0.143 e. The van der Waals surface area contributed by atoms with Crippen molar-refractivity contribution in [1.82, 2.24) is 14.5 Å². The highest BCUT2D eigenvalue weighted by Gasteiger charge is 2.29. The fraction of sp³-hybridized carbons (Fsp3) is 0.312. The van der Waals surface area contributed by atoms with E-state index in [1.807, 2.05) is 31.5 Å². The minimum Gasteiger partial charge on any atom is -0.378 e. The lowest BCUT2D eigenvalue weighted by Gasteiger charge is -2.36. The van der Waals surface area contributed by atoms with E-state index >= 15 is 0 Å². The van der Waals surface area contributed by atoms with Gasteiger partial charge < -0.3 is 9.88 Å². The van der Waals surface area contributed by atoms with E-state index in [2.05, 4.69) is 81.1 Å². The summed E-state index contributed by atoms with van der Waals surface area (Å²) in [6.45, 7) is 9.80. The molecule has 2 aromatic heterocycles. The Bertz CT molecular complexity index is 1500. The maximum absolute atomic E-state index is 11.7. The molecule has 1 fully saturated rings. The predicted octanol–water partition coefficient (Wildman–Crippen LogP) is 6.75. The molecule has 7 heteroatoms. The highest BCUT2D eigenvalue weighted by Crippen LogP contribution is 2.43. The fourth-order valence-electron chi connectivity index (χ4n) is 5.71. The molecule has 1 aliphatic rings. The van der Waals surface area contributed by atoms with E-state index in [0.29, 0.717) is 12.5 Å². The summed E-state index contributed by atoms with van der Waals surface area (Å²) in [7, 11) is 2.06. The quantitative estimate of drug-likeness (QED) is 0.248. The number of benzene rings is 2. The molecule has 200 valence electrons. The van der Waals surface area contributed by atoms with E-state index in [9.17, 15) is 4.79 Å². The third-order valence-electron chi connectivity index (χ3n) is 7.63. The van der Waals surface area contributed by atoms with E-state index < -0.39 is 0 Å². The van der Waals surface area contributed by atoms with Crippen molar-refractivity contribution in [2.24, 2.45) is 23.0 Å². The Labute approximate surface area is 230 Å². The lowest BCUT2D eigenvalue weighted by Crippen LogP contribution is -2.39. The molecule has 1 atom stereocenters. The van der Waals surface area contributed by atoms with Crippen LogP contribution in [0.3, 0.4) is 0 Å². The predicted molar refractivity (Wildman–Crippen MR) is 162 cm³/mol. The average Bonchev–Trinajstić information content (AvgIpc) is 3.32. The zero-order chi connectivity index (χ0) is 27.4. The van der Waals surface area contributed by atoms with Crippen LogP contribution in [0.25, 0.3) is 22.0 Å². The van der Waals surface area contributed by atoms with Gasteiger partial charge in [0.05, 0.1) is 24.0 Å². The van der Waals surface area contributed by atoms with Gasteiger partial charge in [0, 0.05) is 48.6 Å². The molecule has 39 heavy (non-hydrogen) atoms. The number of hydrogen-bond acceptors (Lipinski definition) is 6. The van der Waals surface area contributed by atoms with Gasteiger partial charge in [0.1, 0.15) is 5.78 Å². The highest BCUT2D eigenvalue weighted by molar-refractivity contribution is 5.93. The van der Waals surface area contributed by atoms with E-state index in [0.717, 1.165) is 65.2 Å². The molecule has 0 spiro atoms. The number of ketones is 1. The van der Waals surface area contributed by atoms with Gasteiger partial charge in [-0.25, -0.2) is 0 Å². The number of carbonyl (C=O) groups is 1. The van der Waals surface area contributed by atoms with Crippen LogP contribution in [-0.2, 0) is 11.8 Å². The number of hydrogen-bond donors (Lipinski definition) is 1. The van der Waals surface area contributed by atoms with Crippen LogP contribution < -0.4 is 5.32 Å². The average molecular weight is 521 g/mol. The molecule has 1 unspecified atom stereocenters. The molecule has 5 rings (SSSR count). The molecule has 3 heterocycles. The van der Waals surface area contributed by atoms with E-state index in [4.69, 9.17) is 4.99 Å². The van der Waals surface area contributed by atoms with Gasteiger partial charge in [-0.05, 0) is 99.3 Å². The number of likely N-dealkylation sites (tertiary alicyclic amines) is 1. The van der Waals surface area contributed by atoms with Crippen molar-refractivity contribution in [2.45, 2.75) is 32.7 Å². The lowest BCUT2D eigenvalue weighted by molar-refractivity contribution is -0.118. The number of aryl methyl sites for hydroxylation is 1. The number of rotatable bonds is 9. The van der Waals surface area contributed by atoms with Crippen molar-refractivity contribution >= 4 is 46.7 Å². The fourth-order valence-corrected chi connectivity index (χ4v) is 5.71. The lowest BCUT2D eigenvalue weighted by atomic mass is 9.85. The van der Waals surface area contributed by atoms with Crippen molar-refractivity contribution in [1.29, 1.82) is 0 Å². The number of aromatic nitrogens is 2. The smallest absolute Gasteiger partial charge is 0.143 e. The second-order valence-electron chi connectivity index (χ2n) is 10.4. The molecule has 1 saturated heterocycles. The molecule has 0 aliphatic carbocycles. The molecular formula is C32H36N6O. The van der Waals surface area contributed by atoms with Gasteiger partial charge in [-0.1, -0.05) is 18.2 Å². The first-order valence-electron chi connectivity index (χ1n) is 13.5. The highest BCUT2D eigenvalue weighted by atomic mass is 16.1. The topological polar surface area (TPSA) is 74.9 Å². The zero-order valence-corrected chi connectivity index (χ0v) is 23.0. The molecule has 1 N–H and O–H groups in total. The Kier molecular flexibility index (Phi) is 7.98. The first-order chi connectivity index (χ1) is 19.0. The summed E-state index contributed by atoms with van der Waals surface area (Å²) in [6.07, 6.45) is 9.64. The summed E-state index contributed by atoms with van der Waals surface area (Å²) < 4.78 is 2.13. The Balaban J connectivity index is 1.54. The van der Waals surface area contributed by atoms with Crippen LogP contribution in [0.15, 0.2) is 77.1 Å². The maximum atomic E-state index is 11.7. The van der Waals surface area contributed by atoms with Crippen molar-refractivity contribution in [3.05, 3.63) is 72.7 Å². The van der Waals surface area contributed by atoms with Gasteiger partial charge in [0.25, 0.3) is 0 Å². The van der Waals surface area contributed by atoms with Crippen molar-refractivity contribution in [3.63, 3.8) is 0 Å². The van der Waals surface area contributed by atoms with Crippen molar-refractivity contribution < 1.29 is 4.79 Å². The summed E-state index contributed by atoms with van der Waals surface area (Å²) in [6, 6.07) is 17.0. The molecule has 0 bridgehead atoms. The SMILES string of the molecule is C=Nc1cc(NC(c2cccnc2)C2CCN(CC(C)=O)CC2)cc(-c2ccc3ccn(C)c3c2)c1N=CC. The number of carbonyl (C=O) groups excluding carboxylic acids is 1. The van der Waals surface area contributed by atoms with Crippen LogP contribution in [0.5, 0.6) is 0 Å². The standard InChI is InChI=1S/C32H36N6O/c1-5-35-32-28(25-9-8-23-10-14-37(4)30(23)17-25)18-27(19-29(32)33-3)36-31(26-7-6-13-34-20-26)24-11-15-38(16-12-24)21-22(2)39/h5-10,13-14,17-20,24,31,36H,3,11-12,15-16,21H2,1-2,4H3. The molecule has 0 saturated carbocycles. The van der Waals surface area contributed by atoms with E-state index in [1.54, 1.807) is 13.1 Å². The molecule has 4 aromatic rings. The normalized spacial score (nSPS) is 15.6. The van der Waals surface area contributed by atoms with Gasteiger partial charge >= 0.3 is 0 Å². The zero-order valence-electron chi connectivity index (χ0n) is 23.0. The summed E-state index contributed by atoms with van der Waals surface area (Å²) in [5, 5.41) is 5.05. The summed E-state index contributed by atoms with van der Waals surface area (Å²) in [4.78, 5) is 27.4. The summed E-state index contributed by atoms with van der Waals surface area (Å²) in [5.41, 5.74) is 6.91. The largest absolute Gasteiger partial charge is 0.378 e. The second-order valence-corrected chi connectivity index (χ2v) is 10.4. The number of aliphatic imine (C=N–C) groups is 2. The molecule has 0 amide bonds. The Morgan fingerprint density at radius 3 is 2.72 bits per heavy atom. The monoisotopic (exact) mass is 520 g/mol. The van der Waals surface area contributed by atoms with Crippen LogP contribution >= 0.6 is 0 Å². The molecule has 7 nitrogen and oxygen atoms in total. The third kappa shape index (κ3) is 5.83. The Hall–Kier alpha value is -4.10. The minimum absolute atomic E-state index is 0.0690. The summed E-state index contributed by atoms with van der Waals surface area (Å²) in [5.74, 6) is 0.616. The van der Waals surface area contributed by atoms with Crippen LogP contribution in [0, 0.1) is 5.92 Å². The van der Waals surface area contributed by atoms with Crippen molar-refractivity contribution in [3.8, 4) is 11.1 Å². The van der Waals surface area contributed by atoms with Crippen LogP contribution in [0.2, 0.25) is 0 Å². The number of pyridine rings is 1.